The highest BCUT2D eigenvalue weighted by atomic mass is 79.9. The van der Waals surface area contributed by atoms with Gasteiger partial charge in [0, 0.05) is 10.6 Å². The van der Waals surface area contributed by atoms with E-state index in [4.69, 9.17) is 22.1 Å². The van der Waals surface area contributed by atoms with Crippen molar-refractivity contribution in [2.75, 3.05) is 7.11 Å². The highest BCUT2D eigenvalue weighted by molar-refractivity contribution is 9.10. The normalized spacial score (nSPS) is 18.0. The molecule has 0 unspecified atom stereocenters. The molecular formula is C10H11BrClNO. The van der Waals surface area contributed by atoms with Gasteiger partial charge in [-0.1, -0.05) is 11.6 Å². The highest BCUT2D eigenvalue weighted by Crippen LogP contribution is 2.47. The topological polar surface area (TPSA) is 35.2 Å². The molecule has 1 aromatic carbocycles. The summed E-state index contributed by atoms with van der Waals surface area (Å²) in [5, 5.41) is 0.706. The van der Waals surface area contributed by atoms with Gasteiger partial charge in [0.05, 0.1) is 11.6 Å². The van der Waals surface area contributed by atoms with E-state index in [0.29, 0.717) is 5.02 Å². The van der Waals surface area contributed by atoms with E-state index in [2.05, 4.69) is 15.9 Å². The van der Waals surface area contributed by atoms with Crippen molar-refractivity contribution in [2.45, 2.75) is 18.4 Å². The van der Waals surface area contributed by atoms with Gasteiger partial charge in [0.15, 0.2) is 0 Å². The first-order chi connectivity index (χ1) is 6.57. The summed E-state index contributed by atoms with van der Waals surface area (Å²) in [5.41, 5.74) is 6.86. The quantitative estimate of drug-likeness (QED) is 0.901. The fourth-order valence-electron chi connectivity index (χ4n) is 1.47. The number of benzene rings is 1. The van der Waals surface area contributed by atoms with Crippen LogP contribution in [0.25, 0.3) is 0 Å². The van der Waals surface area contributed by atoms with Gasteiger partial charge in [-0.2, -0.15) is 0 Å². The van der Waals surface area contributed by atoms with Gasteiger partial charge in [-0.05, 0) is 46.5 Å². The van der Waals surface area contributed by atoms with Crippen LogP contribution < -0.4 is 10.5 Å². The molecule has 0 radical (unpaired) electrons. The number of halogens is 2. The molecule has 4 heteroatoms. The molecule has 0 saturated heterocycles. The van der Waals surface area contributed by atoms with Crippen molar-refractivity contribution in [1.29, 1.82) is 0 Å². The van der Waals surface area contributed by atoms with Crippen LogP contribution in [0.4, 0.5) is 0 Å². The van der Waals surface area contributed by atoms with Gasteiger partial charge in [-0.15, -0.1) is 0 Å². The molecule has 0 heterocycles. The summed E-state index contributed by atoms with van der Waals surface area (Å²) >= 11 is 9.50. The third-order valence-corrected chi connectivity index (χ3v) is 3.50. The van der Waals surface area contributed by atoms with Crippen molar-refractivity contribution < 1.29 is 4.74 Å². The fourth-order valence-corrected chi connectivity index (χ4v) is 2.46. The van der Waals surface area contributed by atoms with E-state index in [1.807, 2.05) is 12.1 Å². The minimum atomic E-state index is -0.217. The molecule has 1 fully saturated rings. The minimum Gasteiger partial charge on any atom is -0.496 e. The zero-order valence-electron chi connectivity index (χ0n) is 7.81. The molecule has 0 aliphatic heterocycles. The number of hydrogen-bond donors (Lipinski definition) is 1. The predicted octanol–water partition coefficient (Wildman–Crippen LogP) is 3.06. The SMILES string of the molecule is COc1cc(C2(N)CC2)c(Cl)cc1Br. The van der Waals surface area contributed by atoms with E-state index in [-0.39, 0.29) is 5.54 Å². The molecule has 0 amide bonds. The first-order valence-electron chi connectivity index (χ1n) is 4.39. The lowest BCUT2D eigenvalue weighted by Crippen LogP contribution is -2.19. The van der Waals surface area contributed by atoms with Crippen LogP contribution >= 0.6 is 27.5 Å². The Hall–Kier alpha value is -0.250. The van der Waals surface area contributed by atoms with E-state index in [1.165, 1.54) is 0 Å². The van der Waals surface area contributed by atoms with Crippen molar-refractivity contribution in [3.8, 4) is 5.75 Å². The summed E-state index contributed by atoms with van der Waals surface area (Å²) in [6.07, 6.45) is 2.00. The van der Waals surface area contributed by atoms with E-state index >= 15 is 0 Å². The average molecular weight is 277 g/mol. The van der Waals surface area contributed by atoms with Gasteiger partial charge in [0.2, 0.25) is 0 Å². The lowest BCUT2D eigenvalue weighted by Gasteiger charge is -2.14. The molecule has 2 N–H and O–H groups in total. The monoisotopic (exact) mass is 275 g/mol. The Morgan fingerprint density at radius 2 is 2.14 bits per heavy atom. The Kier molecular flexibility index (Phi) is 2.50. The lowest BCUT2D eigenvalue weighted by atomic mass is 10.1. The van der Waals surface area contributed by atoms with Crippen LogP contribution in [0, 0.1) is 0 Å². The minimum absolute atomic E-state index is 0.217. The second kappa shape index (κ2) is 3.40. The predicted molar refractivity (Wildman–Crippen MR) is 60.8 cm³/mol. The van der Waals surface area contributed by atoms with Crippen molar-refractivity contribution in [3.05, 3.63) is 27.2 Å². The molecule has 2 nitrogen and oxygen atoms in total. The zero-order valence-corrected chi connectivity index (χ0v) is 10.2. The van der Waals surface area contributed by atoms with E-state index in [1.54, 1.807) is 7.11 Å². The molecule has 2 rings (SSSR count). The van der Waals surface area contributed by atoms with Gasteiger partial charge >= 0.3 is 0 Å². The van der Waals surface area contributed by atoms with Gasteiger partial charge in [-0.25, -0.2) is 0 Å². The Bertz CT molecular complexity index is 377. The molecule has 1 aromatic rings. The van der Waals surface area contributed by atoms with E-state index in [9.17, 15) is 0 Å². The maximum Gasteiger partial charge on any atom is 0.133 e. The molecule has 1 saturated carbocycles. The summed E-state index contributed by atoms with van der Waals surface area (Å²) in [6, 6.07) is 3.75. The number of methoxy groups -OCH3 is 1. The summed E-state index contributed by atoms with van der Waals surface area (Å²) < 4.78 is 6.06. The van der Waals surface area contributed by atoms with Gasteiger partial charge in [-0.3, -0.25) is 0 Å². The Balaban J connectivity index is 2.50. The smallest absolute Gasteiger partial charge is 0.133 e. The molecule has 0 spiro atoms. The van der Waals surface area contributed by atoms with Gasteiger partial charge < -0.3 is 10.5 Å². The molecule has 0 bridgehead atoms. The molecule has 0 atom stereocenters. The number of rotatable bonds is 2. The Morgan fingerprint density at radius 1 is 1.50 bits per heavy atom. The number of nitrogens with two attached hydrogens (primary N) is 1. The molecule has 0 aromatic heterocycles. The van der Waals surface area contributed by atoms with Crippen LogP contribution in [-0.4, -0.2) is 7.11 Å². The first kappa shape index (κ1) is 10.3. The van der Waals surface area contributed by atoms with E-state index in [0.717, 1.165) is 28.6 Å². The lowest BCUT2D eigenvalue weighted by molar-refractivity contribution is 0.411. The van der Waals surface area contributed by atoms with Crippen LogP contribution in [0.1, 0.15) is 18.4 Å². The maximum atomic E-state index is 6.12. The molecular weight excluding hydrogens is 265 g/mol. The maximum absolute atomic E-state index is 6.12. The molecule has 14 heavy (non-hydrogen) atoms. The summed E-state index contributed by atoms with van der Waals surface area (Å²) in [7, 11) is 1.63. The van der Waals surface area contributed by atoms with Crippen LogP contribution in [0.15, 0.2) is 16.6 Å². The van der Waals surface area contributed by atoms with Gasteiger partial charge in [0.25, 0.3) is 0 Å². The highest BCUT2D eigenvalue weighted by Gasteiger charge is 2.41. The van der Waals surface area contributed by atoms with Crippen molar-refractivity contribution in [1.82, 2.24) is 0 Å². The second-order valence-corrected chi connectivity index (χ2v) is 4.88. The van der Waals surface area contributed by atoms with Crippen molar-refractivity contribution in [2.24, 2.45) is 5.73 Å². The Morgan fingerprint density at radius 3 is 2.64 bits per heavy atom. The molecule has 1 aliphatic rings. The van der Waals surface area contributed by atoms with Crippen LogP contribution in [0.3, 0.4) is 0 Å². The zero-order chi connectivity index (χ0) is 10.3. The summed E-state index contributed by atoms with van der Waals surface area (Å²) in [4.78, 5) is 0. The third kappa shape index (κ3) is 1.64. The Labute approximate surface area is 96.5 Å². The van der Waals surface area contributed by atoms with Crippen LogP contribution in [0.2, 0.25) is 5.02 Å². The summed E-state index contributed by atoms with van der Waals surface area (Å²) in [5.74, 6) is 0.779. The molecule has 76 valence electrons. The van der Waals surface area contributed by atoms with Crippen molar-refractivity contribution in [3.63, 3.8) is 0 Å². The van der Waals surface area contributed by atoms with Crippen LogP contribution in [0.5, 0.6) is 5.75 Å². The van der Waals surface area contributed by atoms with Crippen LogP contribution in [-0.2, 0) is 5.54 Å². The average Bonchev–Trinajstić information content (AvgIpc) is 2.85. The fraction of sp³-hybridized carbons (Fsp3) is 0.400. The number of ether oxygens (including phenoxy) is 1. The second-order valence-electron chi connectivity index (χ2n) is 3.62. The largest absolute Gasteiger partial charge is 0.496 e. The molecule has 1 aliphatic carbocycles. The third-order valence-electron chi connectivity index (χ3n) is 2.57. The van der Waals surface area contributed by atoms with Gasteiger partial charge in [0.1, 0.15) is 5.75 Å². The first-order valence-corrected chi connectivity index (χ1v) is 5.56. The standard InChI is InChI=1S/C10H11BrClNO/c1-14-9-4-6(10(13)2-3-10)8(12)5-7(9)11/h4-5H,2-3,13H2,1H3. The summed E-state index contributed by atoms with van der Waals surface area (Å²) in [6.45, 7) is 0. The van der Waals surface area contributed by atoms with E-state index < -0.39 is 0 Å². The number of hydrogen-bond acceptors (Lipinski definition) is 2. The van der Waals surface area contributed by atoms with Crippen molar-refractivity contribution >= 4 is 27.5 Å².